The Labute approximate surface area is 331 Å². The average Bonchev–Trinajstić information content (AvgIpc) is 3.51. The maximum atomic E-state index is 12.9. The summed E-state index contributed by atoms with van der Waals surface area (Å²) in [6, 6.07) is 3.93. The highest BCUT2D eigenvalue weighted by Crippen LogP contribution is 2.44. The van der Waals surface area contributed by atoms with Crippen LogP contribution in [-0.2, 0) is 25.6 Å². The first kappa shape index (κ1) is 43.0. The number of unbranched alkanes of at least 4 members (excludes halogenated alkanes) is 12. The van der Waals surface area contributed by atoms with E-state index in [2.05, 4.69) is 86.4 Å². The van der Waals surface area contributed by atoms with Gasteiger partial charge in [-0.3, -0.25) is 9.59 Å². The second kappa shape index (κ2) is 23.3. The Kier molecular flexibility index (Phi) is 20.0. The number of nitrogens with zero attached hydrogens (tertiary/aromatic N) is 1. The number of amides is 2. The van der Waals surface area contributed by atoms with E-state index in [-0.39, 0.29) is 23.9 Å². The van der Waals surface area contributed by atoms with Crippen molar-refractivity contribution in [2.75, 3.05) is 26.8 Å². The molecule has 1 aromatic carbocycles. The number of benzene rings is 1. The quantitative estimate of drug-likeness (QED) is 0.0889. The van der Waals surface area contributed by atoms with Gasteiger partial charge in [-0.2, -0.15) is 0 Å². The average molecular weight is 955 g/mol. The van der Waals surface area contributed by atoms with E-state index in [0.29, 0.717) is 59.4 Å². The number of halogens is 4. The van der Waals surface area contributed by atoms with E-state index >= 15 is 0 Å². The van der Waals surface area contributed by atoms with Crippen molar-refractivity contribution in [2.45, 2.75) is 128 Å². The number of methoxy groups -OCH3 is 1. The molecule has 2 aliphatic rings. The summed E-state index contributed by atoms with van der Waals surface area (Å²) in [4.78, 5) is 30.7. The summed E-state index contributed by atoms with van der Waals surface area (Å²) in [6.45, 7) is 3.69. The Morgan fingerprint density at radius 2 is 1.50 bits per heavy atom. The molecule has 0 saturated heterocycles. The molecule has 0 fully saturated rings. The minimum absolute atomic E-state index is 0.105. The van der Waals surface area contributed by atoms with Crippen LogP contribution in [-0.4, -0.2) is 61.1 Å². The van der Waals surface area contributed by atoms with Crippen LogP contribution < -0.4 is 15.4 Å². The molecule has 0 bridgehead atoms. The number of hydrogen-bond donors (Lipinski definition) is 3. The monoisotopic (exact) mass is 951 g/mol. The van der Waals surface area contributed by atoms with Crippen LogP contribution >= 0.6 is 63.7 Å². The standard InChI is InChI=1S/C37H53Br4N3O6/c1-3-4-5-6-7-8-9-10-11-12-13-14-15-17-31(45)42-19-16-21-49-33-27(38)22-26(23-28(33)39)18-20-43-36(47)30-25-37(50-44-30)24-29(40)34(48-2)32(41)35(37)46/h22-24,35,46H,3-21,25H2,1-2H3,(H,42,45)(H,43,47)/t35-,37+/m0/s1. The zero-order chi connectivity index (χ0) is 36.4. The molecular formula is C37H53Br4N3O6. The van der Waals surface area contributed by atoms with Gasteiger partial charge in [0, 0.05) is 25.9 Å². The first-order chi connectivity index (χ1) is 24.1. The Morgan fingerprint density at radius 1 is 0.900 bits per heavy atom. The lowest BCUT2D eigenvalue weighted by atomic mass is 9.87. The number of carbonyl (C=O) groups is 2. The Morgan fingerprint density at radius 3 is 2.10 bits per heavy atom. The highest BCUT2D eigenvalue weighted by Gasteiger charge is 2.50. The van der Waals surface area contributed by atoms with Gasteiger partial charge in [0.05, 0.1) is 31.6 Å². The van der Waals surface area contributed by atoms with Crippen molar-refractivity contribution < 1.29 is 29.0 Å². The van der Waals surface area contributed by atoms with Crippen LogP contribution in [0.15, 0.2) is 47.0 Å². The lowest BCUT2D eigenvalue weighted by Gasteiger charge is -2.33. The molecule has 0 radical (unpaired) electrons. The van der Waals surface area contributed by atoms with E-state index in [4.69, 9.17) is 14.3 Å². The SMILES string of the molecule is CCCCCCCCCCCCCCCC(=O)NCCCOc1c(Br)cc(CCNC(=O)C2=NO[C@]3(C=C(Br)C(OC)=C(Br)[C@@H]3O)C2)cc1Br. The second-order valence-electron chi connectivity index (χ2n) is 13.0. The molecule has 1 spiro atoms. The predicted octanol–water partition coefficient (Wildman–Crippen LogP) is 9.66. The molecule has 1 aromatic rings. The number of hydrogen-bond acceptors (Lipinski definition) is 7. The van der Waals surface area contributed by atoms with Crippen LogP contribution in [0.1, 0.15) is 115 Å². The fourth-order valence-electron chi connectivity index (χ4n) is 6.00. The molecule has 0 aromatic heterocycles. The van der Waals surface area contributed by atoms with Crippen molar-refractivity contribution in [3.8, 4) is 5.75 Å². The van der Waals surface area contributed by atoms with E-state index in [9.17, 15) is 14.7 Å². The van der Waals surface area contributed by atoms with Crippen LogP contribution in [0, 0.1) is 0 Å². The van der Waals surface area contributed by atoms with Gasteiger partial charge in [0.25, 0.3) is 5.91 Å². The number of ether oxygens (including phenoxy) is 2. The number of allylic oxidation sites excluding steroid dienone is 1. The molecule has 1 aliphatic carbocycles. The molecule has 50 heavy (non-hydrogen) atoms. The smallest absolute Gasteiger partial charge is 0.269 e. The number of nitrogens with one attached hydrogen (secondary N) is 2. The van der Waals surface area contributed by atoms with Crippen molar-refractivity contribution in [1.82, 2.24) is 10.6 Å². The van der Waals surface area contributed by atoms with Crippen LogP contribution in [0.4, 0.5) is 0 Å². The van der Waals surface area contributed by atoms with Crippen LogP contribution in [0.5, 0.6) is 5.75 Å². The van der Waals surface area contributed by atoms with Crippen molar-refractivity contribution in [3.05, 3.63) is 47.4 Å². The second-order valence-corrected chi connectivity index (χ2v) is 16.4. The van der Waals surface area contributed by atoms with E-state index in [1.807, 2.05) is 12.1 Å². The minimum atomic E-state index is -1.20. The Hall–Kier alpha value is -1.41. The van der Waals surface area contributed by atoms with Gasteiger partial charge in [0.2, 0.25) is 5.91 Å². The highest BCUT2D eigenvalue weighted by atomic mass is 79.9. The number of aliphatic hydroxyl groups excluding tert-OH is 1. The van der Waals surface area contributed by atoms with Gasteiger partial charge < -0.3 is 30.1 Å². The summed E-state index contributed by atoms with van der Waals surface area (Å²) in [5.74, 6) is 0.908. The highest BCUT2D eigenvalue weighted by molar-refractivity contribution is 9.12. The summed E-state index contributed by atoms with van der Waals surface area (Å²) >= 11 is 14.0. The molecule has 3 N–H and O–H groups in total. The summed E-state index contributed by atoms with van der Waals surface area (Å²) in [7, 11) is 1.50. The molecular weight excluding hydrogens is 902 g/mol. The molecule has 280 valence electrons. The van der Waals surface area contributed by atoms with Crippen LogP contribution in [0.25, 0.3) is 0 Å². The maximum Gasteiger partial charge on any atom is 0.269 e. The molecule has 2 amide bonds. The third-order valence-electron chi connectivity index (χ3n) is 8.90. The largest absolute Gasteiger partial charge is 0.495 e. The van der Waals surface area contributed by atoms with Crippen molar-refractivity contribution >= 4 is 81.2 Å². The number of oxime groups is 1. The third-order valence-corrected chi connectivity index (χ3v) is 11.5. The third kappa shape index (κ3) is 13.9. The number of rotatable bonds is 24. The van der Waals surface area contributed by atoms with Gasteiger partial charge in [0.15, 0.2) is 5.60 Å². The van der Waals surface area contributed by atoms with Gasteiger partial charge in [-0.15, -0.1) is 0 Å². The predicted molar refractivity (Wildman–Crippen MR) is 214 cm³/mol. The molecule has 13 heteroatoms. The zero-order valence-electron chi connectivity index (χ0n) is 29.4. The van der Waals surface area contributed by atoms with Gasteiger partial charge in [0.1, 0.15) is 23.3 Å². The fraction of sp³-hybridized carbons (Fsp3) is 0.649. The Balaban J connectivity index is 1.25. The summed E-state index contributed by atoms with van der Waals surface area (Å²) in [5.41, 5.74) is -0.00721. The molecule has 9 nitrogen and oxygen atoms in total. The van der Waals surface area contributed by atoms with E-state index in [0.717, 1.165) is 27.4 Å². The van der Waals surface area contributed by atoms with Crippen LogP contribution in [0.3, 0.4) is 0 Å². The molecule has 0 unspecified atom stereocenters. The van der Waals surface area contributed by atoms with Crippen molar-refractivity contribution in [1.29, 1.82) is 0 Å². The minimum Gasteiger partial charge on any atom is -0.495 e. The normalized spacial score (nSPS) is 18.5. The van der Waals surface area contributed by atoms with Crippen molar-refractivity contribution in [2.24, 2.45) is 5.16 Å². The van der Waals surface area contributed by atoms with Gasteiger partial charge in [-0.25, -0.2) is 0 Å². The first-order valence-electron chi connectivity index (χ1n) is 18.0. The summed E-state index contributed by atoms with van der Waals surface area (Å²) in [5, 5.41) is 20.7. The molecule has 0 saturated carbocycles. The lowest BCUT2D eigenvalue weighted by Crippen LogP contribution is -2.45. The van der Waals surface area contributed by atoms with E-state index in [1.54, 1.807) is 6.08 Å². The first-order valence-corrected chi connectivity index (χ1v) is 21.2. The van der Waals surface area contributed by atoms with Gasteiger partial charge >= 0.3 is 0 Å². The zero-order valence-corrected chi connectivity index (χ0v) is 35.7. The van der Waals surface area contributed by atoms with Gasteiger partial charge in [-0.1, -0.05) is 89.1 Å². The fourth-order valence-corrected chi connectivity index (χ4v) is 9.30. The Bertz CT molecular complexity index is 1330. The lowest BCUT2D eigenvalue weighted by molar-refractivity contribution is -0.121. The summed E-state index contributed by atoms with van der Waals surface area (Å²) in [6.07, 6.45) is 19.4. The molecule has 2 atom stereocenters. The number of carbonyl (C=O) groups excluding carboxylic acids is 2. The molecule has 1 heterocycles. The van der Waals surface area contributed by atoms with Crippen LogP contribution in [0.2, 0.25) is 0 Å². The van der Waals surface area contributed by atoms with Gasteiger partial charge in [-0.05, 0) is 107 Å². The number of aliphatic hydroxyl groups is 1. The topological polar surface area (TPSA) is 118 Å². The molecule has 3 rings (SSSR count). The van der Waals surface area contributed by atoms with E-state index in [1.165, 1.54) is 77.7 Å². The molecule has 1 aliphatic heterocycles. The maximum absolute atomic E-state index is 12.9. The summed E-state index contributed by atoms with van der Waals surface area (Å²) < 4.78 is 13.9. The van der Waals surface area contributed by atoms with Crippen molar-refractivity contribution in [3.63, 3.8) is 0 Å². The van der Waals surface area contributed by atoms with E-state index < -0.39 is 11.7 Å².